The molecule has 5 nitrogen and oxygen atoms in total. The van der Waals surface area contributed by atoms with E-state index in [1.165, 1.54) is 106 Å². The molecule has 208 valence electrons. The Morgan fingerprint density at radius 3 is 1.30 bits per heavy atom. The van der Waals surface area contributed by atoms with Crippen molar-refractivity contribution in [1.29, 1.82) is 0 Å². The highest BCUT2D eigenvalue weighted by atomic mass is 35.5. The maximum atomic E-state index is 10.3. The van der Waals surface area contributed by atoms with Crippen LogP contribution in [0, 0.1) is 0 Å². The zero-order chi connectivity index (χ0) is 28.1. The predicted octanol–water partition coefficient (Wildman–Crippen LogP) is 7.75. The number of unbranched alkanes of at least 4 members (excludes halogenated alkanes) is 4. The number of carbonyl (C=O) groups excluding carboxylic acids is 1. The molecular formula is C30H45Cl2NO4. The fourth-order valence-corrected chi connectivity index (χ4v) is 4.26. The van der Waals surface area contributed by atoms with E-state index in [9.17, 15) is 14.7 Å². The summed E-state index contributed by atoms with van der Waals surface area (Å²) in [6.07, 6.45) is 11.1. The molecule has 0 fully saturated rings. The third-order valence-electron chi connectivity index (χ3n) is 6.08. The average Bonchev–Trinajstić information content (AvgIpc) is 2.88. The normalized spacial score (nSPS) is 10.5. The van der Waals surface area contributed by atoms with Crippen LogP contribution in [0.2, 0.25) is 10.0 Å². The Hall–Kier alpha value is -2.08. The summed E-state index contributed by atoms with van der Waals surface area (Å²) in [6.45, 7) is 15.0. The molecule has 0 aliphatic heterocycles. The van der Waals surface area contributed by atoms with Crippen molar-refractivity contribution in [2.75, 3.05) is 26.2 Å². The van der Waals surface area contributed by atoms with Gasteiger partial charge in [0, 0.05) is 10.0 Å². The summed E-state index contributed by atoms with van der Waals surface area (Å²) in [5.74, 6) is -2.16. The topological polar surface area (TPSA) is 77.4 Å². The summed E-state index contributed by atoms with van der Waals surface area (Å²) in [5.41, 5.74) is 0.319. The zero-order valence-electron chi connectivity index (χ0n) is 23.0. The molecule has 0 bridgehead atoms. The first kappa shape index (κ1) is 34.9. The largest absolute Gasteiger partial charge is 0.545 e. The Bertz CT molecular complexity index is 812. The second kappa shape index (κ2) is 20.9. The van der Waals surface area contributed by atoms with Crippen LogP contribution < -0.4 is 5.11 Å². The van der Waals surface area contributed by atoms with Gasteiger partial charge in [-0.2, -0.15) is 0 Å². The molecule has 2 rings (SSSR count). The van der Waals surface area contributed by atoms with Crippen molar-refractivity contribution in [2.24, 2.45) is 0 Å². The smallest absolute Gasteiger partial charge is 0.335 e. The number of nitrogens with zero attached hydrogens (tertiary/aromatic N) is 1. The molecule has 0 atom stereocenters. The molecule has 0 aliphatic carbocycles. The maximum absolute atomic E-state index is 10.3. The third kappa shape index (κ3) is 16.4. The van der Waals surface area contributed by atoms with Gasteiger partial charge < -0.3 is 19.5 Å². The molecule has 0 saturated heterocycles. The lowest BCUT2D eigenvalue weighted by Gasteiger charge is -2.39. The van der Waals surface area contributed by atoms with Gasteiger partial charge >= 0.3 is 5.97 Å². The van der Waals surface area contributed by atoms with Crippen molar-refractivity contribution in [3.05, 3.63) is 69.7 Å². The average molecular weight is 555 g/mol. The summed E-state index contributed by atoms with van der Waals surface area (Å²) in [5, 5.41) is 19.5. The highest BCUT2D eigenvalue weighted by molar-refractivity contribution is 6.31. The van der Waals surface area contributed by atoms with Gasteiger partial charge in [0.1, 0.15) is 0 Å². The van der Waals surface area contributed by atoms with E-state index in [4.69, 9.17) is 28.3 Å². The van der Waals surface area contributed by atoms with E-state index >= 15 is 0 Å². The summed E-state index contributed by atoms with van der Waals surface area (Å²) in [4.78, 5) is 20.5. The van der Waals surface area contributed by atoms with E-state index in [1.54, 1.807) is 24.3 Å². The molecule has 2 aromatic rings. The summed E-state index contributed by atoms with van der Waals surface area (Å²) in [7, 11) is 0. The number of carboxylic acids is 2. The van der Waals surface area contributed by atoms with Gasteiger partial charge in [-0.25, -0.2) is 4.79 Å². The molecule has 0 amide bonds. The molecule has 7 heteroatoms. The van der Waals surface area contributed by atoms with Crippen LogP contribution in [0.3, 0.4) is 0 Å². The lowest BCUT2D eigenvalue weighted by molar-refractivity contribution is -0.929. The molecule has 0 aromatic heterocycles. The monoisotopic (exact) mass is 553 g/mol. The number of carboxylic acid groups (broad SMARTS) is 2. The van der Waals surface area contributed by atoms with Gasteiger partial charge in [0.05, 0.1) is 37.7 Å². The minimum Gasteiger partial charge on any atom is -0.545 e. The number of rotatable bonds is 14. The molecule has 0 radical (unpaired) electrons. The number of hydrogen-bond donors (Lipinski definition) is 1. The second-order valence-corrected chi connectivity index (χ2v) is 10.1. The van der Waals surface area contributed by atoms with E-state index in [0.29, 0.717) is 10.0 Å². The lowest BCUT2D eigenvalue weighted by Crippen LogP contribution is -2.50. The van der Waals surface area contributed by atoms with Gasteiger partial charge in [0.2, 0.25) is 0 Å². The molecule has 0 heterocycles. The molecule has 0 spiro atoms. The molecule has 0 unspecified atom stereocenters. The zero-order valence-corrected chi connectivity index (χ0v) is 24.5. The first-order valence-electron chi connectivity index (χ1n) is 13.5. The van der Waals surface area contributed by atoms with Crippen molar-refractivity contribution < 1.29 is 24.3 Å². The first-order valence-corrected chi connectivity index (χ1v) is 14.2. The van der Waals surface area contributed by atoms with E-state index in [1.807, 2.05) is 0 Å². The van der Waals surface area contributed by atoms with Gasteiger partial charge in [-0.05, 0) is 61.6 Å². The maximum Gasteiger partial charge on any atom is 0.335 e. The number of quaternary nitrogens is 1. The van der Waals surface area contributed by atoms with Gasteiger partial charge in [-0.3, -0.25) is 0 Å². The van der Waals surface area contributed by atoms with Crippen molar-refractivity contribution in [3.8, 4) is 0 Å². The van der Waals surface area contributed by atoms with E-state index in [2.05, 4.69) is 27.7 Å². The summed E-state index contributed by atoms with van der Waals surface area (Å²) < 4.78 is 1.42. The van der Waals surface area contributed by atoms with Crippen LogP contribution in [-0.4, -0.2) is 47.7 Å². The molecule has 0 saturated carbocycles. The fraction of sp³-hybridized carbons (Fsp3) is 0.533. The van der Waals surface area contributed by atoms with Gasteiger partial charge in [-0.1, -0.05) is 94.8 Å². The SMILES string of the molecule is CCCC[N+](CCCC)(CCCC)CCCC.O=C(O)c1cccc(Cl)c1.O=C([O-])c1cccc(Cl)c1. The van der Waals surface area contributed by atoms with E-state index in [-0.39, 0.29) is 11.1 Å². The number of hydrogen-bond acceptors (Lipinski definition) is 3. The predicted molar refractivity (Wildman–Crippen MR) is 154 cm³/mol. The quantitative estimate of drug-likeness (QED) is 0.242. The van der Waals surface area contributed by atoms with E-state index in [0.717, 1.165) is 0 Å². The standard InChI is InChI=1S/C16H36N.2C7H5ClO2/c1-5-9-13-17(14-10-6-2,15-11-7-3)16-12-8-4;2*8-6-3-1-2-5(4-6)7(9)10/h5-16H2,1-4H3;2*1-4H,(H,9,10)/q+1;;/p-1. The molecule has 2 aromatic carbocycles. The number of benzene rings is 2. The van der Waals surface area contributed by atoms with Crippen LogP contribution in [0.15, 0.2) is 48.5 Å². The number of aromatic carboxylic acids is 2. The minimum absolute atomic E-state index is 0.104. The van der Waals surface area contributed by atoms with Crippen LogP contribution in [0.25, 0.3) is 0 Å². The highest BCUT2D eigenvalue weighted by Crippen LogP contribution is 2.16. The Morgan fingerprint density at radius 1 is 0.703 bits per heavy atom. The first-order chi connectivity index (χ1) is 17.6. The van der Waals surface area contributed by atoms with Gasteiger partial charge in [-0.15, -0.1) is 0 Å². The molecular weight excluding hydrogens is 509 g/mol. The van der Waals surface area contributed by atoms with Crippen LogP contribution >= 0.6 is 23.2 Å². The highest BCUT2D eigenvalue weighted by Gasteiger charge is 2.24. The molecule has 37 heavy (non-hydrogen) atoms. The number of halogens is 2. The van der Waals surface area contributed by atoms with Crippen LogP contribution in [0.1, 0.15) is 99.8 Å². The van der Waals surface area contributed by atoms with Crippen molar-refractivity contribution in [3.63, 3.8) is 0 Å². The van der Waals surface area contributed by atoms with Crippen molar-refractivity contribution >= 4 is 35.1 Å². The van der Waals surface area contributed by atoms with Crippen molar-refractivity contribution in [1.82, 2.24) is 0 Å². The number of carbonyl (C=O) groups is 2. The van der Waals surface area contributed by atoms with Gasteiger partial charge in [0.25, 0.3) is 0 Å². The summed E-state index contributed by atoms with van der Waals surface area (Å²) in [6, 6.07) is 12.1. The molecule has 1 N–H and O–H groups in total. The third-order valence-corrected chi connectivity index (χ3v) is 6.55. The fourth-order valence-electron chi connectivity index (χ4n) is 3.88. The van der Waals surface area contributed by atoms with Crippen LogP contribution in [-0.2, 0) is 0 Å². The lowest BCUT2D eigenvalue weighted by atomic mass is 10.1. The second-order valence-electron chi connectivity index (χ2n) is 9.26. The van der Waals surface area contributed by atoms with Crippen molar-refractivity contribution in [2.45, 2.75) is 79.1 Å². The van der Waals surface area contributed by atoms with Crippen LogP contribution in [0.4, 0.5) is 0 Å². The van der Waals surface area contributed by atoms with E-state index < -0.39 is 11.9 Å². The minimum atomic E-state index is -1.21. The Balaban J connectivity index is 0.000000555. The van der Waals surface area contributed by atoms with Crippen LogP contribution in [0.5, 0.6) is 0 Å². The Labute approximate surface area is 234 Å². The summed E-state index contributed by atoms with van der Waals surface area (Å²) >= 11 is 11.0. The molecule has 0 aliphatic rings. The Kier molecular flexibility index (Phi) is 19.7. The Morgan fingerprint density at radius 2 is 1.05 bits per heavy atom. The van der Waals surface area contributed by atoms with Gasteiger partial charge in [0.15, 0.2) is 0 Å².